The minimum Gasteiger partial charge on any atom is -0.321 e. The largest absolute Gasteiger partial charge is 0.321 e. The van der Waals surface area contributed by atoms with Gasteiger partial charge in [0, 0.05) is 16.9 Å². The molecule has 104 valence electrons. The number of nitrogens with zero attached hydrogens (tertiary/aromatic N) is 3. The maximum absolute atomic E-state index is 12.2. The summed E-state index contributed by atoms with van der Waals surface area (Å²) in [6, 6.07) is 10.9. The van der Waals surface area contributed by atoms with E-state index in [0.717, 1.165) is 10.3 Å². The first-order valence-electron chi connectivity index (χ1n) is 6.24. The Bertz CT molecular complexity index is 754. The molecule has 0 radical (unpaired) electrons. The highest BCUT2D eigenvalue weighted by Gasteiger charge is 2.09. The van der Waals surface area contributed by atoms with Gasteiger partial charge in [0.25, 0.3) is 5.91 Å². The summed E-state index contributed by atoms with van der Waals surface area (Å²) in [5, 5.41) is 2.82. The molecule has 2 heterocycles. The van der Waals surface area contributed by atoms with Gasteiger partial charge < -0.3 is 5.32 Å². The van der Waals surface area contributed by atoms with E-state index in [2.05, 4.69) is 31.2 Å². The Kier molecular flexibility index (Phi) is 3.79. The zero-order valence-corrected chi connectivity index (χ0v) is 12.5. The summed E-state index contributed by atoms with van der Waals surface area (Å²) >= 11 is 3.36. The maximum Gasteiger partial charge on any atom is 0.256 e. The van der Waals surface area contributed by atoms with Gasteiger partial charge in [-0.15, -0.1) is 0 Å². The molecule has 0 fully saturated rings. The van der Waals surface area contributed by atoms with Crippen LogP contribution in [-0.2, 0) is 0 Å². The van der Waals surface area contributed by atoms with Crippen LogP contribution in [0.4, 0.5) is 5.69 Å². The second-order valence-electron chi connectivity index (χ2n) is 4.31. The van der Waals surface area contributed by atoms with Crippen molar-refractivity contribution < 1.29 is 4.79 Å². The van der Waals surface area contributed by atoms with Gasteiger partial charge in [0.2, 0.25) is 0 Å². The Labute approximate surface area is 129 Å². The van der Waals surface area contributed by atoms with E-state index in [-0.39, 0.29) is 5.91 Å². The minimum absolute atomic E-state index is 0.181. The van der Waals surface area contributed by atoms with Crippen LogP contribution >= 0.6 is 15.9 Å². The fourth-order valence-corrected chi connectivity index (χ4v) is 2.32. The quantitative estimate of drug-likeness (QED) is 0.794. The lowest BCUT2D eigenvalue weighted by molar-refractivity contribution is 0.102. The molecule has 3 aromatic rings. The number of anilines is 1. The van der Waals surface area contributed by atoms with Crippen molar-refractivity contribution in [3.05, 3.63) is 71.4 Å². The van der Waals surface area contributed by atoms with Crippen LogP contribution in [0.15, 0.2) is 65.8 Å². The molecule has 0 aliphatic carbocycles. The number of hydrogen-bond acceptors (Lipinski definition) is 3. The predicted octanol–water partition coefficient (Wildman–Crippen LogP) is 3.28. The number of benzene rings is 1. The third kappa shape index (κ3) is 3.00. The van der Waals surface area contributed by atoms with Crippen molar-refractivity contribution in [2.24, 2.45) is 0 Å². The number of hydrogen-bond donors (Lipinski definition) is 1. The summed E-state index contributed by atoms with van der Waals surface area (Å²) in [7, 11) is 0. The standard InChI is InChI=1S/C15H11BrN4O/c16-13-4-2-1-3-12(13)15(21)19-11-5-6-14(18-9-11)20-8-7-17-10-20/h1-10H,(H,19,21). The van der Waals surface area contributed by atoms with Gasteiger partial charge >= 0.3 is 0 Å². The molecule has 0 spiro atoms. The van der Waals surface area contributed by atoms with Gasteiger partial charge in [-0.1, -0.05) is 12.1 Å². The molecule has 0 saturated carbocycles. The zero-order chi connectivity index (χ0) is 14.7. The van der Waals surface area contributed by atoms with E-state index in [4.69, 9.17) is 0 Å². The number of pyridine rings is 1. The number of carbonyl (C=O) groups excluding carboxylic acids is 1. The van der Waals surface area contributed by atoms with Gasteiger partial charge in [-0.25, -0.2) is 9.97 Å². The topological polar surface area (TPSA) is 59.8 Å². The molecule has 0 bridgehead atoms. The minimum atomic E-state index is -0.181. The van der Waals surface area contributed by atoms with Crippen molar-refractivity contribution in [3.8, 4) is 5.82 Å². The monoisotopic (exact) mass is 342 g/mol. The summed E-state index contributed by atoms with van der Waals surface area (Å²) in [5.41, 5.74) is 1.22. The van der Waals surface area contributed by atoms with Crippen LogP contribution in [0, 0.1) is 0 Å². The van der Waals surface area contributed by atoms with Crippen molar-refractivity contribution >= 4 is 27.5 Å². The number of rotatable bonds is 3. The van der Waals surface area contributed by atoms with E-state index in [1.54, 1.807) is 35.4 Å². The third-order valence-corrected chi connectivity index (χ3v) is 3.58. The molecule has 0 aliphatic heterocycles. The Morgan fingerprint density at radius 3 is 2.71 bits per heavy atom. The van der Waals surface area contributed by atoms with E-state index in [1.165, 1.54) is 0 Å². The lowest BCUT2D eigenvalue weighted by atomic mass is 10.2. The smallest absolute Gasteiger partial charge is 0.256 e. The molecule has 0 unspecified atom stereocenters. The Morgan fingerprint density at radius 1 is 1.19 bits per heavy atom. The van der Waals surface area contributed by atoms with Gasteiger partial charge in [0.1, 0.15) is 12.1 Å². The SMILES string of the molecule is O=C(Nc1ccc(-n2ccnc2)nc1)c1ccccc1Br. The molecule has 1 amide bonds. The number of nitrogens with one attached hydrogen (secondary N) is 1. The van der Waals surface area contributed by atoms with E-state index < -0.39 is 0 Å². The number of aromatic nitrogens is 3. The molecule has 1 N–H and O–H groups in total. The molecule has 5 nitrogen and oxygen atoms in total. The highest BCUT2D eigenvalue weighted by Crippen LogP contribution is 2.18. The fraction of sp³-hybridized carbons (Fsp3) is 0. The van der Waals surface area contributed by atoms with Gasteiger partial charge in [-0.2, -0.15) is 0 Å². The van der Waals surface area contributed by atoms with Gasteiger partial charge in [0.15, 0.2) is 0 Å². The molecular weight excluding hydrogens is 332 g/mol. The molecule has 0 atom stereocenters. The molecular formula is C15H11BrN4O. The summed E-state index contributed by atoms with van der Waals surface area (Å²) in [5.74, 6) is 0.561. The van der Waals surface area contributed by atoms with E-state index >= 15 is 0 Å². The lowest BCUT2D eigenvalue weighted by Gasteiger charge is -2.07. The van der Waals surface area contributed by atoms with Gasteiger partial charge in [0.05, 0.1) is 17.4 Å². The Balaban J connectivity index is 1.77. The van der Waals surface area contributed by atoms with Crippen molar-refractivity contribution in [3.63, 3.8) is 0 Å². The van der Waals surface area contributed by atoms with E-state index in [9.17, 15) is 4.79 Å². The number of halogens is 1. The molecule has 3 rings (SSSR count). The lowest BCUT2D eigenvalue weighted by Crippen LogP contribution is -2.12. The van der Waals surface area contributed by atoms with Crippen molar-refractivity contribution in [1.29, 1.82) is 0 Å². The summed E-state index contributed by atoms with van der Waals surface area (Å²) in [6.45, 7) is 0. The molecule has 21 heavy (non-hydrogen) atoms. The maximum atomic E-state index is 12.2. The summed E-state index contributed by atoms with van der Waals surface area (Å²) in [4.78, 5) is 20.4. The molecule has 0 aliphatic rings. The molecule has 6 heteroatoms. The van der Waals surface area contributed by atoms with E-state index in [1.807, 2.05) is 30.5 Å². The van der Waals surface area contributed by atoms with Crippen molar-refractivity contribution in [2.45, 2.75) is 0 Å². The first kappa shape index (κ1) is 13.5. The van der Waals surface area contributed by atoms with Crippen LogP contribution in [0.25, 0.3) is 5.82 Å². The first-order valence-corrected chi connectivity index (χ1v) is 7.03. The number of carbonyl (C=O) groups is 1. The second-order valence-corrected chi connectivity index (χ2v) is 5.16. The predicted molar refractivity (Wildman–Crippen MR) is 83.5 cm³/mol. The highest BCUT2D eigenvalue weighted by atomic mass is 79.9. The van der Waals surface area contributed by atoms with Crippen LogP contribution in [0.1, 0.15) is 10.4 Å². The summed E-state index contributed by atoms with van der Waals surface area (Å²) < 4.78 is 2.55. The summed E-state index contributed by atoms with van der Waals surface area (Å²) in [6.07, 6.45) is 6.78. The third-order valence-electron chi connectivity index (χ3n) is 2.89. The van der Waals surface area contributed by atoms with E-state index in [0.29, 0.717) is 11.3 Å². The van der Waals surface area contributed by atoms with Gasteiger partial charge in [-0.05, 0) is 40.2 Å². The van der Waals surface area contributed by atoms with Crippen LogP contribution in [0.5, 0.6) is 0 Å². The number of amides is 1. The fourth-order valence-electron chi connectivity index (χ4n) is 1.85. The average Bonchev–Trinajstić information content (AvgIpc) is 3.02. The van der Waals surface area contributed by atoms with Crippen LogP contribution in [-0.4, -0.2) is 20.4 Å². The molecule has 0 saturated heterocycles. The van der Waals surface area contributed by atoms with Crippen LogP contribution in [0.3, 0.4) is 0 Å². The van der Waals surface area contributed by atoms with Crippen LogP contribution in [0.2, 0.25) is 0 Å². The van der Waals surface area contributed by atoms with Crippen molar-refractivity contribution in [1.82, 2.24) is 14.5 Å². The molecule has 1 aromatic carbocycles. The number of imidazole rings is 1. The first-order chi connectivity index (χ1) is 10.2. The van der Waals surface area contributed by atoms with Gasteiger partial charge in [-0.3, -0.25) is 9.36 Å². The zero-order valence-electron chi connectivity index (χ0n) is 10.9. The van der Waals surface area contributed by atoms with Crippen molar-refractivity contribution in [2.75, 3.05) is 5.32 Å². The Morgan fingerprint density at radius 2 is 2.05 bits per heavy atom. The van der Waals surface area contributed by atoms with Crippen LogP contribution < -0.4 is 5.32 Å². The molecule has 2 aromatic heterocycles. The highest BCUT2D eigenvalue weighted by molar-refractivity contribution is 9.10. The average molecular weight is 343 g/mol. The normalized spacial score (nSPS) is 10.3. The second kappa shape index (κ2) is 5.88. The Hall–Kier alpha value is -2.47.